The number of halogens is 5. The zero-order valence-electron chi connectivity index (χ0n) is 22.0. The first-order valence-electron chi connectivity index (χ1n) is 11.3. The van der Waals surface area contributed by atoms with Gasteiger partial charge in [-0.05, 0) is 17.2 Å². The minimum atomic E-state index is -4.04. The molecule has 1 aromatic carbocycles. The average molecular weight is 601 g/mol. The summed E-state index contributed by atoms with van der Waals surface area (Å²) in [4.78, 5) is 20.3. The van der Waals surface area contributed by atoms with E-state index in [1.54, 1.807) is 32.4 Å². The first kappa shape index (κ1) is 33.9. The number of carboxylic acids is 1. The normalized spacial score (nSPS) is 16.3. The van der Waals surface area contributed by atoms with Gasteiger partial charge in [-0.3, -0.25) is 9.53 Å². The molecule has 0 spiro atoms. The van der Waals surface area contributed by atoms with Crippen LogP contribution in [0.15, 0.2) is 35.7 Å². The van der Waals surface area contributed by atoms with Crippen LogP contribution >= 0.6 is 11.8 Å². The fraction of sp³-hybridized carbons (Fsp3) is 0.458. The second kappa shape index (κ2) is 13.1. The van der Waals surface area contributed by atoms with Crippen molar-refractivity contribution in [3.63, 3.8) is 0 Å². The second-order valence-corrected chi connectivity index (χ2v) is 10.6. The number of aryl methyl sites for hydroxylation is 1. The van der Waals surface area contributed by atoms with Crippen LogP contribution in [0.1, 0.15) is 31.9 Å². The van der Waals surface area contributed by atoms with Crippen molar-refractivity contribution >= 4 is 34.5 Å². The summed E-state index contributed by atoms with van der Waals surface area (Å²) in [6.45, 7) is 2.78. The van der Waals surface area contributed by atoms with Gasteiger partial charge in [-0.2, -0.15) is 17.6 Å². The van der Waals surface area contributed by atoms with Gasteiger partial charge in [-0.15, -0.1) is 5.60 Å². The van der Waals surface area contributed by atoms with Crippen LogP contribution in [0.2, 0.25) is 0 Å². The molecule has 1 aliphatic rings. The van der Waals surface area contributed by atoms with Gasteiger partial charge in [0.2, 0.25) is 0 Å². The molecule has 15 heteroatoms. The number of anilines is 1. The molecule has 0 bridgehead atoms. The van der Waals surface area contributed by atoms with Crippen molar-refractivity contribution in [1.29, 1.82) is 0 Å². The van der Waals surface area contributed by atoms with Gasteiger partial charge in [0.25, 0.3) is 0 Å². The van der Waals surface area contributed by atoms with Crippen LogP contribution < -0.4 is 61.4 Å². The maximum atomic E-state index is 13.8. The third-order valence-electron chi connectivity index (χ3n) is 4.89. The molecule has 0 amide bonds. The maximum absolute atomic E-state index is 13.8. The van der Waals surface area contributed by atoms with E-state index in [1.807, 2.05) is 0 Å². The number of ether oxygens (including phenoxy) is 1. The summed E-state index contributed by atoms with van der Waals surface area (Å²) in [5, 5.41) is 19.2. The zero-order chi connectivity index (χ0) is 28.5. The third kappa shape index (κ3) is 10.2. The number of fused-ring (bicyclic) bond motifs is 1. The molecular formula is C24H26F5KN4O4S. The molecule has 1 fully saturated rings. The average Bonchev–Trinajstić information content (AvgIpc) is 3.07. The van der Waals surface area contributed by atoms with E-state index in [2.05, 4.69) is 14.7 Å². The van der Waals surface area contributed by atoms with Crippen molar-refractivity contribution in [2.45, 2.75) is 55.9 Å². The topological polar surface area (TPSA) is 104 Å². The molecule has 0 atom stereocenters. The number of rotatable bonds is 6. The molecular weight excluding hydrogens is 574 g/mol. The van der Waals surface area contributed by atoms with Crippen molar-refractivity contribution in [3.05, 3.63) is 47.5 Å². The molecule has 39 heavy (non-hydrogen) atoms. The van der Waals surface area contributed by atoms with Crippen LogP contribution in [0.4, 0.5) is 27.6 Å². The van der Waals surface area contributed by atoms with E-state index < -0.39 is 49.1 Å². The van der Waals surface area contributed by atoms with Crippen molar-refractivity contribution < 1.29 is 93.1 Å². The minimum absolute atomic E-state index is 0. The SMILES string of the molecule is CC(C)(C)[O-].Cn1cc(N2CC(F)(F)OC(F)(F)C2)c2nc(SCc3ccc(F)c(CC(=O)O)c3)ncc21.[K+]. The Balaban J connectivity index is 0.000000816. The molecule has 0 saturated carbocycles. The Bertz CT molecular complexity index is 1300. The number of benzene rings is 1. The van der Waals surface area contributed by atoms with E-state index in [9.17, 15) is 31.9 Å². The first-order chi connectivity index (χ1) is 17.4. The Kier molecular flexibility index (Phi) is 11.4. The number of aliphatic carboxylic acids is 1. The number of nitrogens with zero attached hydrogens (tertiary/aromatic N) is 4. The Morgan fingerprint density at radius 3 is 2.36 bits per heavy atom. The maximum Gasteiger partial charge on any atom is 1.00 e. The van der Waals surface area contributed by atoms with Gasteiger partial charge >= 0.3 is 69.6 Å². The van der Waals surface area contributed by atoms with Crippen LogP contribution in [0.5, 0.6) is 0 Å². The van der Waals surface area contributed by atoms with Crippen LogP contribution in [0, 0.1) is 5.82 Å². The van der Waals surface area contributed by atoms with Crippen molar-refractivity contribution in [2.75, 3.05) is 18.0 Å². The van der Waals surface area contributed by atoms with E-state index in [4.69, 9.17) is 5.11 Å². The molecule has 0 unspecified atom stereocenters. The van der Waals surface area contributed by atoms with Gasteiger partial charge in [-0.25, -0.2) is 14.4 Å². The number of alkyl halides is 4. The van der Waals surface area contributed by atoms with Crippen LogP contribution in [-0.2, 0) is 28.8 Å². The Hall–Kier alpha value is -1.33. The van der Waals surface area contributed by atoms with E-state index in [-0.39, 0.29) is 79.1 Å². The van der Waals surface area contributed by atoms with E-state index in [0.717, 1.165) is 16.7 Å². The number of aromatic nitrogens is 3. The zero-order valence-corrected chi connectivity index (χ0v) is 25.9. The number of carbonyl (C=O) groups is 1. The summed E-state index contributed by atoms with van der Waals surface area (Å²) in [5.41, 5.74) is 0.677. The molecule has 1 N–H and O–H groups in total. The Morgan fingerprint density at radius 2 is 1.79 bits per heavy atom. The van der Waals surface area contributed by atoms with E-state index >= 15 is 0 Å². The summed E-state index contributed by atoms with van der Waals surface area (Å²) in [7, 11) is 1.61. The molecule has 0 aliphatic carbocycles. The van der Waals surface area contributed by atoms with Gasteiger partial charge in [0.15, 0.2) is 5.16 Å². The number of hydrogen-bond donors (Lipinski definition) is 1. The molecule has 8 nitrogen and oxygen atoms in total. The molecule has 3 aromatic rings. The van der Waals surface area contributed by atoms with E-state index in [0.29, 0.717) is 11.1 Å². The standard InChI is InChI=1S/C20H17F5N4O3S.C4H9O.K/c1-28-7-15(29-9-19(22,23)32-20(24,25)10-29)17-14(28)6-26-18(27-17)33-8-11-2-3-13(21)12(4-11)5-16(30)31;1-4(2,3)5;/h2-4,6-7H,5,8-10H2,1H3,(H,30,31);1-3H3;/q;-1;+1. The quantitative estimate of drug-likeness (QED) is 0.195. The summed E-state index contributed by atoms with van der Waals surface area (Å²) in [6.07, 6.45) is -5.67. The predicted molar refractivity (Wildman–Crippen MR) is 129 cm³/mol. The molecule has 4 rings (SSSR count). The molecule has 208 valence electrons. The molecule has 1 saturated heterocycles. The number of thioether (sulfide) groups is 1. The summed E-state index contributed by atoms with van der Waals surface area (Å²) in [5.74, 6) is -1.52. The summed E-state index contributed by atoms with van der Waals surface area (Å²) in [6, 6.07) is 4.10. The molecule has 1 aliphatic heterocycles. The molecule has 2 aromatic heterocycles. The van der Waals surface area contributed by atoms with Gasteiger partial charge in [0.05, 0.1) is 23.8 Å². The van der Waals surface area contributed by atoms with Crippen LogP contribution in [0.3, 0.4) is 0 Å². The Morgan fingerprint density at radius 1 is 1.21 bits per heavy atom. The van der Waals surface area contributed by atoms with Gasteiger partial charge in [0, 0.05) is 19.0 Å². The predicted octanol–water partition coefficient (Wildman–Crippen LogP) is 1.20. The number of morpholine rings is 1. The second-order valence-electron chi connectivity index (χ2n) is 9.64. The summed E-state index contributed by atoms with van der Waals surface area (Å²) < 4.78 is 73.8. The van der Waals surface area contributed by atoms with Gasteiger partial charge < -0.3 is 19.7 Å². The third-order valence-corrected chi connectivity index (χ3v) is 5.83. The van der Waals surface area contributed by atoms with Crippen molar-refractivity contribution in [3.8, 4) is 0 Å². The van der Waals surface area contributed by atoms with Crippen molar-refractivity contribution in [2.24, 2.45) is 7.05 Å². The molecule has 3 heterocycles. The summed E-state index contributed by atoms with van der Waals surface area (Å²) >= 11 is 1.15. The number of carboxylic acid groups (broad SMARTS) is 1. The first-order valence-corrected chi connectivity index (χ1v) is 12.3. The van der Waals surface area contributed by atoms with Gasteiger partial charge in [0.1, 0.15) is 24.4 Å². The smallest absolute Gasteiger partial charge is 0.850 e. The van der Waals surface area contributed by atoms with Gasteiger partial charge in [-0.1, -0.05) is 44.7 Å². The minimum Gasteiger partial charge on any atom is -0.850 e. The van der Waals surface area contributed by atoms with E-state index in [1.165, 1.54) is 30.6 Å². The van der Waals surface area contributed by atoms with Crippen LogP contribution in [-0.4, -0.2) is 56.5 Å². The monoisotopic (exact) mass is 600 g/mol. The number of hydrogen-bond acceptors (Lipinski definition) is 7. The van der Waals surface area contributed by atoms with Crippen LogP contribution in [0.25, 0.3) is 11.0 Å². The largest absolute Gasteiger partial charge is 1.00 e. The van der Waals surface area contributed by atoms with Crippen molar-refractivity contribution in [1.82, 2.24) is 14.5 Å². The molecule has 0 radical (unpaired) electrons. The Labute approximate surface area is 268 Å². The fourth-order valence-electron chi connectivity index (χ4n) is 3.54. The fourth-order valence-corrected chi connectivity index (χ4v) is 4.30.